The van der Waals surface area contributed by atoms with Crippen molar-refractivity contribution < 1.29 is 39.1 Å². The Labute approximate surface area is 269 Å². The van der Waals surface area contributed by atoms with E-state index in [-0.39, 0.29) is 46.6 Å². The lowest BCUT2D eigenvalue weighted by molar-refractivity contribution is -0.278. The number of carbonyl (C=O) groups is 2. The van der Waals surface area contributed by atoms with Crippen molar-refractivity contribution in [3.05, 3.63) is 46.6 Å². The van der Waals surface area contributed by atoms with Gasteiger partial charge in [0, 0.05) is 29.7 Å². The van der Waals surface area contributed by atoms with E-state index in [4.69, 9.17) is 14.2 Å². The number of aliphatic hydroxyl groups is 3. The fraction of sp³-hybridized carbons (Fsp3) is 0.730. The highest BCUT2D eigenvalue weighted by atomic mass is 16.7. The number of rotatable bonds is 8. The predicted molar refractivity (Wildman–Crippen MR) is 173 cm³/mol. The third-order valence-corrected chi connectivity index (χ3v) is 11.6. The van der Waals surface area contributed by atoms with E-state index >= 15 is 0 Å². The molecule has 4 fully saturated rings. The van der Waals surface area contributed by atoms with Gasteiger partial charge in [0.25, 0.3) is 0 Å². The summed E-state index contributed by atoms with van der Waals surface area (Å²) in [4.78, 5) is 25.6. The lowest BCUT2D eigenvalue weighted by Gasteiger charge is -2.62. The van der Waals surface area contributed by atoms with Gasteiger partial charge in [-0.05, 0) is 88.2 Å². The van der Waals surface area contributed by atoms with Crippen LogP contribution in [0.25, 0.3) is 0 Å². The average molecular weight is 629 g/mol. The molecule has 4 aliphatic rings. The molecule has 0 aromatic carbocycles. The summed E-state index contributed by atoms with van der Waals surface area (Å²) in [5, 5.41) is 30.4. The topological polar surface area (TPSA) is 123 Å². The van der Waals surface area contributed by atoms with E-state index in [0.29, 0.717) is 18.8 Å². The number of esters is 1. The Morgan fingerprint density at radius 1 is 1.00 bits per heavy atom. The van der Waals surface area contributed by atoms with Crippen LogP contribution in [0.4, 0.5) is 0 Å². The van der Waals surface area contributed by atoms with Crippen molar-refractivity contribution in [3.63, 3.8) is 0 Å². The second-order valence-electron chi connectivity index (χ2n) is 15.4. The molecule has 1 aliphatic heterocycles. The van der Waals surface area contributed by atoms with Gasteiger partial charge in [-0.15, -0.1) is 0 Å². The lowest BCUT2D eigenvalue weighted by Crippen LogP contribution is -2.58. The first-order chi connectivity index (χ1) is 20.9. The fourth-order valence-electron chi connectivity index (χ4n) is 9.26. The second kappa shape index (κ2) is 13.6. The van der Waals surface area contributed by atoms with Crippen LogP contribution in [0.15, 0.2) is 46.6 Å². The molecular weight excluding hydrogens is 572 g/mol. The molecule has 0 aromatic heterocycles. The molecule has 0 amide bonds. The summed E-state index contributed by atoms with van der Waals surface area (Å²) in [5.74, 6) is 0.616. The predicted octanol–water partition coefficient (Wildman–Crippen LogP) is 5.75. The summed E-state index contributed by atoms with van der Waals surface area (Å²) in [7, 11) is 0. The lowest BCUT2D eigenvalue weighted by atomic mass is 9.43. The number of carbonyl (C=O) groups excluding carboxylic acids is 2. The maximum atomic E-state index is 13.8. The van der Waals surface area contributed by atoms with Crippen molar-refractivity contribution in [1.82, 2.24) is 0 Å². The molecule has 8 nitrogen and oxygen atoms in total. The molecule has 0 unspecified atom stereocenters. The average Bonchev–Trinajstić information content (AvgIpc) is 3.23. The van der Waals surface area contributed by atoms with Crippen LogP contribution in [0.1, 0.15) is 101 Å². The molecule has 252 valence electrons. The number of allylic oxidation sites excluding steroid dienone is 6. The van der Waals surface area contributed by atoms with E-state index in [2.05, 4.69) is 33.8 Å². The van der Waals surface area contributed by atoms with E-state index in [0.717, 1.165) is 48.0 Å². The number of hydrogen-bond donors (Lipinski definition) is 3. The van der Waals surface area contributed by atoms with E-state index in [1.165, 1.54) is 6.92 Å². The second-order valence-corrected chi connectivity index (χ2v) is 15.4. The molecule has 0 aromatic rings. The largest absolute Gasteiger partial charge is 0.462 e. The van der Waals surface area contributed by atoms with Crippen LogP contribution in [-0.2, 0) is 23.8 Å². The first-order valence-corrected chi connectivity index (χ1v) is 16.6. The summed E-state index contributed by atoms with van der Waals surface area (Å²) in [6, 6.07) is 0. The molecular formula is C37H56O8. The number of fused-ring (bicyclic) bond motifs is 3. The highest BCUT2D eigenvalue weighted by molar-refractivity contribution is 6.00. The van der Waals surface area contributed by atoms with Crippen LogP contribution >= 0.6 is 0 Å². The number of hydrogen-bond acceptors (Lipinski definition) is 8. The van der Waals surface area contributed by atoms with Crippen LogP contribution in [0.5, 0.6) is 0 Å². The van der Waals surface area contributed by atoms with Gasteiger partial charge in [-0.2, -0.15) is 0 Å². The number of aliphatic hydroxyl groups excluding tert-OH is 3. The zero-order valence-electron chi connectivity index (χ0n) is 28.8. The highest BCUT2D eigenvalue weighted by Crippen LogP contribution is 2.69. The summed E-state index contributed by atoms with van der Waals surface area (Å²) in [6.45, 7) is 18.5. The molecule has 10 atom stereocenters. The maximum absolute atomic E-state index is 13.8. The molecule has 1 saturated heterocycles. The van der Waals surface area contributed by atoms with Crippen molar-refractivity contribution in [2.24, 2.45) is 28.1 Å². The summed E-state index contributed by atoms with van der Waals surface area (Å²) < 4.78 is 17.4. The minimum absolute atomic E-state index is 0.0179. The van der Waals surface area contributed by atoms with Gasteiger partial charge in [-0.1, -0.05) is 57.6 Å². The van der Waals surface area contributed by atoms with Gasteiger partial charge < -0.3 is 29.5 Å². The first-order valence-electron chi connectivity index (χ1n) is 16.6. The SMILES string of the molecule is CC(=O)O[C@@H]1CC[C@@]2(C)[C@@H](CC[C@]3(C)/C(=C(C)/C=C/C=C(\C)[C@H](CC=C(C)C)O[C@@H]4OC[C@H](O)[C@H](O)[C@@H]4O)C(=O)C[C@@H]23)C1(C)C. The van der Waals surface area contributed by atoms with E-state index in [1.54, 1.807) is 0 Å². The Balaban J connectivity index is 1.55. The van der Waals surface area contributed by atoms with Gasteiger partial charge in [0.15, 0.2) is 12.1 Å². The van der Waals surface area contributed by atoms with E-state index < -0.39 is 30.7 Å². The van der Waals surface area contributed by atoms with Crippen LogP contribution in [-0.4, -0.2) is 70.5 Å². The summed E-state index contributed by atoms with van der Waals surface area (Å²) >= 11 is 0. The summed E-state index contributed by atoms with van der Waals surface area (Å²) in [5.41, 5.74) is 3.56. The monoisotopic (exact) mass is 628 g/mol. The Bertz CT molecular complexity index is 1250. The Hall–Kier alpha value is -2.10. The minimum Gasteiger partial charge on any atom is -0.462 e. The van der Waals surface area contributed by atoms with Gasteiger partial charge in [-0.25, -0.2) is 0 Å². The van der Waals surface area contributed by atoms with E-state index in [9.17, 15) is 24.9 Å². The number of ketones is 1. The van der Waals surface area contributed by atoms with Crippen LogP contribution in [0.2, 0.25) is 0 Å². The maximum Gasteiger partial charge on any atom is 0.302 e. The van der Waals surface area contributed by atoms with Crippen LogP contribution in [0.3, 0.4) is 0 Å². The quantitative estimate of drug-likeness (QED) is 0.134. The van der Waals surface area contributed by atoms with Crippen molar-refractivity contribution in [1.29, 1.82) is 0 Å². The van der Waals surface area contributed by atoms with Crippen molar-refractivity contribution in [3.8, 4) is 0 Å². The highest BCUT2D eigenvalue weighted by Gasteiger charge is 2.65. The van der Waals surface area contributed by atoms with Crippen molar-refractivity contribution >= 4 is 11.8 Å². The zero-order chi connectivity index (χ0) is 33.5. The molecule has 0 bridgehead atoms. The van der Waals surface area contributed by atoms with Gasteiger partial charge >= 0.3 is 5.97 Å². The Morgan fingerprint density at radius 2 is 1.69 bits per heavy atom. The number of ether oxygens (including phenoxy) is 3. The fourth-order valence-corrected chi connectivity index (χ4v) is 9.26. The van der Waals surface area contributed by atoms with Crippen LogP contribution < -0.4 is 0 Å². The van der Waals surface area contributed by atoms with Gasteiger partial charge in [0.05, 0.1) is 12.7 Å². The third kappa shape index (κ3) is 6.96. The molecule has 1 heterocycles. The molecule has 3 N–H and O–H groups in total. The number of Topliss-reactive ketones (excluding diaryl/α,β-unsaturated/α-hetero) is 1. The molecule has 3 aliphatic carbocycles. The standard InChI is InChI=1S/C37H56O8/c1-21(2)13-14-27(45-34-33(42)32(41)26(40)20-43-34)22(3)11-10-12-23(4)31-25(39)19-29-36(8)18-16-30(44-24(5)38)35(6,7)28(36)15-17-37(29,31)9/h10-13,26-30,32-34,40-42H,14-20H2,1-9H3/b12-10+,22-11+,31-23+/t26-,27-,28-,29-,30+,32-,33-,34-,36-,37-/m0/s1. The molecule has 0 radical (unpaired) electrons. The Morgan fingerprint density at radius 3 is 2.33 bits per heavy atom. The van der Waals surface area contributed by atoms with Crippen molar-refractivity contribution in [2.45, 2.75) is 138 Å². The van der Waals surface area contributed by atoms with Crippen molar-refractivity contribution in [2.75, 3.05) is 6.61 Å². The Kier molecular flexibility index (Phi) is 10.8. The summed E-state index contributed by atoms with van der Waals surface area (Å²) in [6.07, 6.45) is 7.33. The first kappa shape index (κ1) is 35.7. The van der Waals surface area contributed by atoms with Crippen LogP contribution in [0, 0.1) is 28.1 Å². The molecule has 0 spiro atoms. The molecule has 4 rings (SSSR count). The zero-order valence-corrected chi connectivity index (χ0v) is 28.8. The molecule has 3 saturated carbocycles. The smallest absolute Gasteiger partial charge is 0.302 e. The van der Waals surface area contributed by atoms with Gasteiger partial charge in [0.2, 0.25) is 0 Å². The van der Waals surface area contributed by atoms with E-state index in [1.807, 2.05) is 45.9 Å². The molecule has 8 heteroatoms. The molecule has 45 heavy (non-hydrogen) atoms. The minimum atomic E-state index is -1.36. The normalized spacial score (nSPS) is 40.0. The third-order valence-electron chi connectivity index (χ3n) is 11.6. The van der Waals surface area contributed by atoms with Gasteiger partial charge in [-0.3, -0.25) is 9.59 Å². The van der Waals surface area contributed by atoms with Gasteiger partial charge in [0.1, 0.15) is 24.4 Å².